The second-order valence-corrected chi connectivity index (χ2v) is 3.61. The van der Waals surface area contributed by atoms with Gasteiger partial charge in [-0.3, -0.25) is 0 Å². The van der Waals surface area contributed by atoms with Crippen molar-refractivity contribution in [2.45, 2.75) is 6.36 Å². The summed E-state index contributed by atoms with van der Waals surface area (Å²) in [5.41, 5.74) is 1.28. The molecule has 0 spiro atoms. The van der Waals surface area contributed by atoms with Crippen LogP contribution in [0.2, 0.25) is 0 Å². The highest BCUT2D eigenvalue weighted by Gasteiger charge is 2.30. The average Bonchev–Trinajstić information content (AvgIpc) is 2.38. The molecule has 0 atom stereocenters. The zero-order valence-electron chi connectivity index (χ0n) is 9.90. The lowest BCUT2D eigenvalue weighted by atomic mass is 10.1. The molecule has 0 bridgehead atoms. The number of benzene rings is 1. The van der Waals surface area contributed by atoms with Crippen molar-refractivity contribution in [2.24, 2.45) is 0 Å². The molecule has 0 fully saturated rings. The molecule has 2 aromatic rings. The van der Waals surface area contributed by atoms with E-state index in [0.29, 0.717) is 17.1 Å². The Bertz CT molecular complexity index is 555. The summed E-state index contributed by atoms with van der Waals surface area (Å²) >= 11 is 0. The van der Waals surface area contributed by atoms with E-state index in [1.54, 1.807) is 13.1 Å². The van der Waals surface area contributed by atoms with Crippen LogP contribution in [0, 0.1) is 0 Å². The van der Waals surface area contributed by atoms with Gasteiger partial charge in [0.1, 0.15) is 17.9 Å². The normalized spacial score (nSPS) is 11.2. The fraction of sp³-hybridized carbons (Fsp3) is 0.167. The maximum absolute atomic E-state index is 12.0. The lowest BCUT2D eigenvalue weighted by molar-refractivity contribution is -0.274. The Balaban J connectivity index is 2.22. The Labute approximate surface area is 107 Å². The molecule has 7 heteroatoms. The number of rotatable bonds is 3. The lowest BCUT2D eigenvalue weighted by Crippen LogP contribution is -2.16. The van der Waals surface area contributed by atoms with E-state index in [1.807, 2.05) is 0 Å². The van der Waals surface area contributed by atoms with Gasteiger partial charge in [-0.05, 0) is 24.3 Å². The van der Waals surface area contributed by atoms with E-state index in [1.165, 1.54) is 30.6 Å². The second-order valence-electron chi connectivity index (χ2n) is 3.61. The standard InChI is InChI=1S/C12H10F3N3O/c1-16-11-6-10(17-7-18-11)8-2-4-9(5-3-8)19-12(13,14)15/h2-7H,1H3,(H,16,17,18). The first-order valence-corrected chi connectivity index (χ1v) is 5.34. The molecular weight excluding hydrogens is 259 g/mol. The van der Waals surface area contributed by atoms with Gasteiger partial charge in [0.15, 0.2) is 0 Å². The highest BCUT2D eigenvalue weighted by atomic mass is 19.4. The van der Waals surface area contributed by atoms with Crippen LogP contribution < -0.4 is 10.1 Å². The summed E-state index contributed by atoms with van der Waals surface area (Å²) < 4.78 is 39.8. The molecule has 0 amide bonds. The third-order valence-corrected chi connectivity index (χ3v) is 2.31. The number of ether oxygens (including phenoxy) is 1. The van der Waals surface area contributed by atoms with Crippen molar-refractivity contribution in [1.29, 1.82) is 0 Å². The zero-order chi connectivity index (χ0) is 13.9. The van der Waals surface area contributed by atoms with E-state index in [2.05, 4.69) is 20.0 Å². The van der Waals surface area contributed by atoms with Crippen LogP contribution in [0.25, 0.3) is 11.3 Å². The van der Waals surface area contributed by atoms with Gasteiger partial charge in [-0.25, -0.2) is 9.97 Å². The monoisotopic (exact) mass is 269 g/mol. The van der Waals surface area contributed by atoms with E-state index in [4.69, 9.17) is 0 Å². The molecule has 1 aromatic heterocycles. The summed E-state index contributed by atoms with van der Waals surface area (Å²) in [6.07, 6.45) is -3.31. The highest BCUT2D eigenvalue weighted by molar-refractivity contribution is 5.62. The maximum atomic E-state index is 12.0. The van der Waals surface area contributed by atoms with Crippen molar-refractivity contribution in [1.82, 2.24) is 9.97 Å². The summed E-state index contributed by atoms with van der Waals surface area (Å²) in [7, 11) is 1.71. The minimum Gasteiger partial charge on any atom is -0.406 e. The molecule has 1 heterocycles. The van der Waals surface area contributed by atoms with Gasteiger partial charge in [0.2, 0.25) is 0 Å². The van der Waals surface area contributed by atoms with Crippen molar-refractivity contribution in [3.63, 3.8) is 0 Å². The highest BCUT2D eigenvalue weighted by Crippen LogP contribution is 2.26. The van der Waals surface area contributed by atoms with E-state index in [0.717, 1.165) is 0 Å². The van der Waals surface area contributed by atoms with Crippen LogP contribution in [0.5, 0.6) is 5.75 Å². The molecule has 0 aliphatic heterocycles. The van der Waals surface area contributed by atoms with Gasteiger partial charge < -0.3 is 10.1 Å². The van der Waals surface area contributed by atoms with Gasteiger partial charge in [0, 0.05) is 18.7 Å². The minimum atomic E-state index is -4.68. The number of nitrogens with zero attached hydrogens (tertiary/aromatic N) is 2. The average molecular weight is 269 g/mol. The number of hydrogen-bond donors (Lipinski definition) is 1. The maximum Gasteiger partial charge on any atom is 0.573 e. The van der Waals surface area contributed by atoms with E-state index in [9.17, 15) is 13.2 Å². The Kier molecular flexibility index (Phi) is 3.55. The Morgan fingerprint density at radius 1 is 1.11 bits per heavy atom. The molecule has 100 valence electrons. The first-order valence-electron chi connectivity index (χ1n) is 5.34. The van der Waals surface area contributed by atoms with Crippen LogP contribution in [-0.2, 0) is 0 Å². The predicted octanol–water partition coefficient (Wildman–Crippen LogP) is 3.08. The fourth-order valence-corrected chi connectivity index (χ4v) is 1.48. The topological polar surface area (TPSA) is 47.0 Å². The summed E-state index contributed by atoms with van der Waals surface area (Å²) in [6.45, 7) is 0. The van der Waals surface area contributed by atoms with Crippen molar-refractivity contribution in [3.05, 3.63) is 36.7 Å². The summed E-state index contributed by atoms with van der Waals surface area (Å²) in [4.78, 5) is 8.00. The number of anilines is 1. The van der Waals surface area contributed by atoms with Gasteiger partial charge in [-0.15, -0.1) is 13.2 Å². The van der Waals surface area contributed by atoms with Crippen molar-refractivity contribution in [3.8, 4) is 17.0 Å². The van der Waals surface area contributed by atoms with E-state index < -0.39 is 6.36 Å². The second kappa shape index (κ2) is 5.13. The Morgan fingerprint density at radius 2 is 1.79 bits per heavy atom. The molecule has 2 rings (SSSR count). The lowest BCUT2D eigenvalue weighted by Gasteiger charge is -2.09. The number of alkyl halides is 3. The quantitative estimate of drug-likeness (QED) is 0.930. The molecule has 0 radical (unpaired) electrons. The first-order chi connectivity index (χ1) is 8.98. The van der Waals surface area contributed by atoms with Crippen LogP contribution in [0.15, 0.2) is 36.7 Å². The predicted molar refractivity (Wildman–Crippen MR) is 63.7 cm³/mol. The third kappa shape index (κ3) is 3.57. The fourth-order valence-electron chi connectivity index (χ4n) is 1.48. The van der Waals surface area contributed by atoms with Crippen LogP contribution in [0.1, 0.15) is 0 Å². The molecule has 4 nitrogen and oxygen atoms in total. The van der Waals surface area contributed by atoms with Gasteiger partial charge >= 0.3 is 6.36 Å². The summed E-state index contributed by atoms with van der Waals surface area (Å²) in [5, 5.41) is 2.85. The molecule has 19 heavy (non-hydrogen) atoms. The Morgan fingerprint density at radius 3 is 2.37 bits per heavy atom. The number of nitrogens with one attached hydrogen (secondary N) is 1. The van der Waals surface area contributed by atoms with Crippen LogP contribution in [-0.4, -0.2) is 23.4 Å². The molecule has 0 saturated heterocycles. The molecule has 0 aliphatic carbocycles. The number of hydrogen-bond acceptors (Lipinski definition) is 4. The molecule has 1 N–H and O–H groups in total. The largest absolute Gasteiger partial charge is 0.573 e. The van der Waals surface area contributed by atoms with Crippen LogP contribution in [0.3, 0.4) is 0 Å². The first kappa shape index (κ1) is 13.1. The van der Waals surface area contributed by atoms with Crippen molar-refractivity contribution in [2.75, 3.05) is 12.4 Å². The summed E-state index contributed by atoms with van der Waals surface area (Å²) in [5.74, 6) is 0.361. The Hall–Kier alpha value is -2.31. The van der Waals surface area contributed by atoms with Crippen LogP contribution in [0.4, 0.5) is 19.0 Å². The van der Waals surface area contributed by atoms with E-state index in [-0.39, 0.29) is 5.75 Å². The zero-order valence-corrected chi connectivity index (χ0v) is 9.90. The van der Waals surface area contributed by atoms with Crippen molar-refractivity contribution < 1.29 is 17.9 Å². The molecule has 1 aromatic carbocycles. The number of halogens is 3. The molecular formula is C12H10F3N3O. The molecule has 0 aliphatic rings. The van der Waals surface area contributed by atoms with Crippen molar-refractivity contribution >= 4 is 5.82 Å². The van der Waals surface area contributed by atoms with Gasteiger partial charge in [0.05, 0.1) is 5.69 Å². The van der Waals surface area contributed by atoms with Crippen LogP contribution >= 0.6 is 0 Å². The third-order valence-electron chi connectivity index (χ3n) is 2.31. The molecule has 0 saturated carbocycles. The van der Waals surface area contributed by atoms with Gasteiger partial charge in [0.25, 0.3) is 0 Å². The van der Waals surface area contributed by atoms with Gasteiger partial charge in [-0.2, -0.15) is 0 Å². The SMILES string of the molecule is CNc1cc(-c2ccc(OC(F)(F)F)cc2)ncn1. The summed E-state index contributed by atoms with van der Waals surface area (Å²) in [6, 6.07) is 7.18. The molecule has 0 unspecified atom stereocenters. The van der Waals surface area contributed by atoms with E-state index >= 15 is 0 Å². The number of aromatic nitrogens is 2. The minimum absolute atomic E-state index is 0.265. The van der Waals surface area contributed by atoms with Gasteiger partial charge in [-0.1, -0.05) is 0 Å². The smallest absolute Gasteiger partial charge is 0.406 e.